The summed E-state index contributed by atoms with van der Waals surface area (Å²) in [5.41, 5.74) is 2.14. The summed E-state index contributed by atoms with van der Waals surface area (Å²) in [5.74, 6) is 0.696. The fourth-order valence-corrected chi connectivity index (χ4v) is 2.49. The van der Waals surface area contributed by atoms with E-state index in [0.717, 1.165) is 16.9 Å². The number of para-hydroxylation sites is 2. The molecule has 1 heterocycles. The number of carbonyl (C=O) groups is 1. The summed E-state index contributed by atoms with van der Waals surface area (Å²) in [7, 11) is 0. The van der Waals surface area contributed by atoms with E-state index in [1.165, 1.54) is 18.2 Å². The third-order valence-electron chi connectivity index (χ3n) is 3.60. The zero-order chi connectivity index (χ0) is 15.7. The normalized spacial score (nSPS) is 10.3. The van der Waals surface area contributed by atoms with Gasteiger partial charge in [-0.05, 0) is 12.1 Å². The summed E-state index contributed by atoms with van der Waals surface area (Å²) in [6.45, 7) is 2.03. The van der Waals surface area contributed by atoms with Gasteiger partial charge in [0.2, 0.25) is 5.78 Å². The minimum atomic E-state index is -0.499. The van der Waals surface area contributed by atoms with E-state index in [2.05, 4.69) is 4.98 Å². The highest BCUT2D eigenvalue weighted by atomic mass is 79.9. The molecule has 3 aromatic rings. The molecule has 1 N–H and O–H groups in total. The van der Waals surface area contributed by atoms with E-state index in [0.29, 0.717) is 5.56 Å². The molecule has 23 heavy (non-hydrogen) atoms. The van der Waals surface area contributed by atoms with Gasteiger partial charge in [-0.2, -0.15) is 0 Å². The van der Waals surface area contributed by atoms with Gasteiger partial charge in [0.1, 0.15) is 0 Å². The van der Waals surface area contributed by atoms with E-state index in [-0.39, 0.29) is 35.0 Å². The highest BCUT2D eigenvalue weighted by Gasteiger charge is 2.19. The number of H-pyrrole nitrogens is 1. The molecule has 0 saturated heterocycles. The lowest BCUT2D eigenvalue weighted by Gasteiger charge is -2.01. The Morgan fingerprint density at radius 2 is 1.96 bits per heavy atom. The topological polar surface area (TPSA) is 79.9 Å². The number of aryl methyl sites for hydroxylation is 1. The Hall–Kier alpha value is -2.54. The first-order valence-corrected chi connectivity index (χ1v) is 6.81. The molecule has 0 radical (unpaired) electrons. The third-order valence-corrected chi connectivity index (χ3v) is 3.60. The average Bonchev–Trinajstić information content (AvgIpc) is 2.83. The fourth-order valence-electron chi connectivity index (χ4n) is 2.49. The predicted molar refractivity (Wildman–Crippen MR) is 80.7 cm³/mol. The van der Waals surface area contributed by atoms with Crippen LogP contribution >= 0.6 is 0 Å². The Morgan fingerprint density at radius 1 is 1.22 bits per heavy atom. The third kappa shape index (κ3) is 3.29. The predicted octanol–water partition coefficient (Wildman–Crippen LogP) is -0.441. The molecule has 3 rings (SSSR count). The minimum Gasteiger partial charge on any atom is -1.00 e. The number of rotatable bonds is 4. The van der Waals surface area contributed by atoms with E-state index in [4.69, 9.17) is 0 Å². The maximum atomic E-state index is 12.4. The van der Waals surface area contributed by atoms with Crippen LogP contribution in [0.2, 0.25) is 0 Å². The lowest BCUT2D eigenvalue weighted by atomic mass is 10.1. The van der Waals surface area contributed by atoms with Crippen molar-refractivity contribution in [2.45, 2.75) is 13.5 Å². The number of non-ortho nitro benzene ring substituents is 1. The van der Waals surface area contributed by atoms with Crippen molar-refractivity contribution in [2.24, 2.45) is 0 Å². The number of imidazole rings is 1. The molecule has 118 valence electrons. The minimum absolute atomic E-state index is 0. The smallest absolute Gasteiger partial charge is 0.270 e. The monoisotopic (exact) mass is 375 g/mol. The number of carbonyl (C=O) groups excluding carboxylic acids is 1. The van der Waals surface area contributed by atoms with Gasteiger partial charge < -0.3 is 17.0 Å². The van der Waals surface area contributed by atoms with Crippen LogP contribution in [0.4, 0.5) is 5.69 Å². The van der Waals surface area contributed by atoms with Crippen LogP contribution in [0.5, 0.6) is 0 Å². The van der Waals surface area contributed by atoms with Crippen molar-refractivity contribution in [3.63, 3.8) is 0 Å². The molecule has 0 aliphatic heterocycles. The zero-order valence-electron chi connectivity index (χ0n) is 12.3. The number of aromatic amines is 1. The fraction of sp³-hybridized carbons (Fsp3) is 0.125. The Bertz CT molecular complexity index is 889. The number of nitro groups is 1. The van der Waals surface area contributed by atoms with Crippen molar-refractivity contribution in [2.75, 3.05) is 0 Å². The number of benzene rings is 2. The molecule has 7 heteroatoms. The molecule has 2 aromatic carbocycles. The molecule has 0 fully saturated rings. The Morgan fingerprint density at radius 3 is 2.70 bits per heavy atom. The van der Waals surface area contributed by atoms with Crippen LogP contribution in [-0.2, 0) is 6.54 Å². The molecular formula is C16H14BrN3O3. The zero-order valence-corrected chi connectivity index (χ0v) is 13.9. The van der Waals surface area contributed by atoms with Crippen LogP contribution in [-0.4, -0.2) is 15.7 Å². The second kappa shape index (κ2) is 6.70. The second-order valence-electron chi connectivity index (χ2n) is 5.04. The molecule has 1 aromatic heterocycles. The summed E-state index contributed by atoms with van der Waals surface area (Å²) >= 11 is 0. The largest absolute Gasteiger partial charge is 1.00 e. The summed E-state index contributed by atoms with van der Waals surface area (Å²) in [6.07, 6.45) is 0. The van der Waals surface area contributed by atoms with Crippen molar-refractivity contribution in [1.82, 2.24) is 4.98 Å². The number of nitrogens with one attached hydrogen (secondary N) is 1. The Balaban J connectivity index is 0.00000192. The molecule has 0 bridgehead atoms. The van der Waals surface area contributed by atoms with Crippen molar-refractivity contribution in [1.29, 1.82) is 0 Å². The highest BCUT2D eigenvalue weighted by molar-refractivity contribution is 5.95. The van der Waals surface area contributed by atoms with E-state index in [1.807, 2.05) is 35.8 Å². The Kier molecular flexibility index (Phi) is 4.90. The van der Waals surface area contributed by atoms with Gasteiger partial charge in [-0.25, -0.2) is 9.55 Å². The first kappa shape index (κ1) is 16.8. The number of halogens is 1. The van der Waals surface area contributed by atoms with Crippen LogP contribution in [0.25, 0.3) is 11.0 Å². The molecule has 0 aliphatic carbocycles. The maximum Gasteiger partial charge on any atom is 0.270 e. The van der Waals surface area contributed by atoms with Crippen molar-refractivity contribution in [3.8, 4) is 0 Å². The quantitative estimate of drug-likeness (QED) is 0.290. The average molecular weight is 376 g/mol. The summed E-state index contributed by atoms with van der Waals surface area (Å²) < 4.78 is 1.87. The van der Waals surface area contributed by atoms with E-state index < -0.39 is 4.92 Å². The van der Waals surface area contributed by atoms with Crippen molar-refractivity contribution < 1.29 is 31.3 Å². The standard InChI is InChI=1S/C16H13N3O3.BrH/c1-11-17-14-7-2-3-8-15(14)18(11)10-16(20)12-5-4-6-13(9-12)19(21)22;/h2-9H,10H2,1H3;1H. The lowest BCUT2D eigenvalue weighted by molar-refractivity contribution is -0.663. The summed E-state index contributed by atoms with van der Waals surface area (Å²) in [4.78, 5) is 25.9. The van der Waals surface area contributed by atoms with Gasteiger partial charge in [0.05, 0.1) is 4.92 Å². The number of hydrogen-bond donors (Lipinski definition) is 1. The molecule has 0 spiro atoms. The molecule has 0 amide bonds. The van der Waals surface area contributed by atoms with Crippen LogP contribution in [0.3, 0.4) is 0 Å². The number of hydrogen-bond acceptors (Lipinski definition) is 3. The van der Waals surface area contributed by atoms with Gasteiger partial charge in [0.25, 0.3) is 11.5 Å². The first-order chi connectivity index (χ1) is 10.6. The number of ketones is 1. The number of Topliss-reactive ketones (excluding diaryl/α,β-unsaturated/α-hetero) is 1. The highest BCUT2D eigenvalue weighted by Crippen LogP contribution is 2.14. The Labute approximate surface area is 142 Å². The summed E-state index contributed by atoms with van der Waals surface area (Å²) in [6, 6.07) is 13.5. The number of nitrogens with zero attached hydrogens (tertiary/aromatic N) is 2. The number of fused-ring (bicyclic) bond motifs is 1. The maximum absolute atomic E-state index is 12.4. The molecule has 6 nitrogen and oxygen atoms in total. The van der Waals surface area contributed by atoms with Crippen molar-refractivity contribution in [3.05, 3.63) is 70.0 Å². The SMILES string of the molecule is Cc1[nH]c2ccccc2[n+]1CC(=O)c1cccc([N+](=O)[O-])c1.[Br-]. The molecular weight excluding hydrogens is 362 g/mol. The molecule has 0 unspecified atom stereocenters. The van der Waals surface area contributed by atoms with Crippen LogP contribution in [0.1, 0.15) is 16.2 Å². The van der Waals surface area contributed by atoms with Gasteiger partial charge in [-0.15, -0.1) is 0 Å². The van der Waals surface area contributed by atoms with E-state index in [1.54, 1.807) is 6.07 Å². The van der Waals surface area contributed by atoms with Crippen LogP contribution in [0, 0.1) is 17.0 Å². The van der Waals surface area contributed by atoms with Crippen LogP contribution < -0.4 is 21.5 Å². The van der Waals surface area contributed by atoms with E-state index in [9.17, 15) is 14.9 Å². The van der Waals surface area contributed by atoms with Gasteiger partial charge in [-0.1, -0.05) is 24.3 Å². The van der Waals surface area contributed by atoms with E-state index >= 15 is 0 Å². The first-order valence-electron chi connectivity index (χ1n) is 6.81. The molecule has 0 saturated carbocycles. The lowest BCUT2D eigenvalue weighted by Crippen LogP contribution is -3.00. The number of nitro benzene ring substituents is 1. The van der Waals surface area contributed by atoms with Gasteiger partial charge >= 0.3 is 0 Å². The number of aromatic nitrogens is 2. The molecule has 0 atom stereocenters. The molecule has 0 aliphatic rings. The van der Waals surface area contributed by atoms with Crippen LogP contribution in [0.15, 0.2) is 48.5 Å². The summed E-state index contributed by atoms with van der Waals surface area (Å²) in [5, 5.41) is 10.8. The van der Waals surface area contributed by atoms with Gasteiger partial charge in [0.15, 0.2) is 17.6 Å². The van der Waals surface area contributed by atoms with Crippen molar-refractivity contribution >= 4 is 22.5 Å². The van der Waals surface area contributed by atoms with Gasteiger partial charge in [0, 0.05) is 24.6 Å². The van der Waals surface area contributed by atoms with Gasteiger partial charge in [-0.3, -0.25) is 14.9 Å². The second-order valence-corrected chi connectivity index (χ2v) is 5.04.